The molecular weight excluding hydrogens is 240 g/mol. The van der Waals surface area contributed by atoms with Gasteiger partial charge < -0.3 is 10.1 Å². The molecule has 2 rings (SSSR count). The number of benzene rings is 1. The Hall–Kier alpha value is -1.49. The van der Waals surface area contributed by atoms with Gasteiger partial charge in [0.25, 0.3) is 0 Å². The molecule has 0 unspecified atom stereocenters. The molecule has 0 radical (unpaired) electrons. The highest BCUT2D eigenvalue weighted by Gasteiger charge is 2.36. The van der Waals surface area contributed by atoms with E-state index < -0.39 is 17.6 Å². The standard InChI is InChI=1S/C13H15F2NO2/c1-2-18-13(17)11-7-16-6-10(11)9-5-8(14)3-4-12(9)15/h3-5,10-11,16H,2,6-7H2,1H3/t10-,11+/m0/s1. The van der Waals surface area contributed by atoms with E-state index in [-0.39, 0.29) is 24.1 Å². The molecule has 0 saturated carbocycles. The molecule has 0 amide bonds. The van der Waals surface area contributed by atoms with Gasteiger partial charge in [-0.15, -0.1) is 0 Å². The molecule has 1 aliphatic heterocycles. The zero-order valence-electron chi connectivity index (χ0n) is 10.1. The lowest BCUT2D eigenvalue weighted by atomic mass is 9.88. The number of hydrogen-bond donors (Lipinski definition) is 1. The van der Waals surface area contributed by atoms with Crippen LogP contribution in [0.3, 0.4) is 0 Å². The van der Waals surface area contributed by atoms with Crippen LogP contribution in [-0.4, -0.2) is 25.7 Å². The summed E-state index contributed by atoms with van der Waals surface area (Å²) in [6, 6.07) is 3.31. The zero-order chi connectivity index (χ0) is 13.1. The third kappa shape index (κ3) is 2.51. The molecule has 2 atom stereocenters. The number of carbonyl (C=O) groups excluding carboxylic acids is 1. The van der Waals surface area contributed by atoms with Gasteiger partial charge in [-0.25, -0.2) is 8.78 Å². The topological polar surface area (TPSA) is 38.3 Å². The van der Waals surface area contributed by atoms with Crippen LogP contribution < -0.4 is 5.32 Å². The highest BCUT2D eigenvalue weighted by Crippen LogP contribution is 2.31. The summed E-state index contributed by atoms with van der Waals surface area (Å²) in [5.41, 5.74) is 0.234. The fourth-order valence-corrected chi connectivity index (χ4v) is 2.30. The molecule has 0 bridgehead atoms. The molecule has 1 heterocycles. The quantitative estimate of drug-likeness (QED) is 0.837. The maximum Gasteiger partial charge on any atom is 0.310 e. The van der Waals surface area contributed by atoms with Crippen molar-refractivity contribution in [1.82, 2.24) is 5.32 Å². The molecule has 1 aliphatic rings. The van der Waals surface area contributed by atoms with Crippen molar-refractivity contribution < 1.29 is 18.3 Å². The minimum Gasteiger partial charge on any atom is -0.466 e. The predicted octanol–water partition coefficient (Wildman–Crippen LogP) is 1.83. The number of nitrogens with one attached hydrogen (secondary N) is 1. The van der Waals surface area contributed by atoms with Gasteiger partial charge >= 0.3 is 5.97 Å². The summed E-state index contributed by atoms with van der Waals surface area (Å²) in [7, 11) is 0. The fourth-order valence-electron chi connectivity index (χ4n) is 2.30. The summed E-state index contributed by atoms with van der Waals surface area (Å²) in [4.78, 5) is 11.7. The Bertz CT molecular complexity index is 451. The van der Waals surface area contributed by atoms with Gasteiger partial charge in [-0.05, 0) is 30.7 Å². The van der Waals surface area contributed by atoms with E-state index >= 15 is 0 Å². The van der Waals surface area contributed by atoms with E-state index in [4.69, 9.17) is 4.74 Å². The van der Waals surface area contributed by atoms with Gasteiger partial charge in [0.15, 0.2) is 0 Å². The molecule has 1 N–H and O–H groups in total. The summed E-state index contributed by atoms with van der Waals surface area (Å²) < 4.78 is 31.8. The average molecular weight is 255 g/mol. The van der Waals surface area contributed by atoms with Crippen LogP contribution in [0.2, 0.25) is 0 Å². The summed E-state index contributed by atoms with van der Waals surface area (Å²) in [6.45, 7) is 2.88. The van der Waals surface area contributed by atoms with E-state index in [9.17, 15) is 13.6 Å². The van der Waals surface area contributed by atoms with Crippen LogP contribution in [-0.2, 0) is 9.53 Å². The minimum absolute atomic E-state index is 0.234. The molecule has 0 aliphatic carbocycles. The van der Waals surface area contributed by atoms with Gasteiger partial charge in [-0.3, -0.25) is 4.79 Å². The summed E-state index contributed by atoms with van der Waals surface area (Å²) in [5, 5.41) is 3.02. The first-order chi connectivity index (χ1) is 8.63. The van der Waals surface area contributed by atoms with Crippen molar-refractivity contribution in [2.45, 2.75) is 12.8 Å². The normalized spacial score (nSPS) is 23.1. The summed E-state index contributed by atoms with van der Waals surface area (Å²) in [6.07, 6.45) is 0. The van der Waals surface area contributed by atoms with Crippen molar-refractivity contribution in [2.75, 3.05) is 19.7 Å². The third-order valence-electron chi connectivity index (χ3n) is 3.16. The second-order valence-corrected chi connectivity index (χ2v) is 4.29. The van der Waals surface area contributed by atoms with Crippen molar-refractivity contribution >= 4 is 5.97 Å². The highest BCUT2D eigenvalue weighted by atomic mass is 19.1. The van der Waals surface area contributed by atoms with Crippen LogP contribution in [0.25, 0.3) is 0 Å². The van der Waals surface area contributed by atoms with Crippen molar-refractivity contribution in [2.24, 2.45) is 5.92 Å². The van der Waals surface area contributed by atoms with Crippen LogP contribution in [0.1, 0.15) is 18.4 Å². The SMILES string of the molecule is CCOC(=O)[C@@H]1CNC[C@H]1c1cc(F)ccc1F. The molecule has 1 saturated heterocycles. The van der Waals surface area contributed by atoms with Crippen molar-refractivity contribution in [3.63, 3.8) is 0 Å². The van der Waals surface area contributed by atoms with Gasteiger partial charge in [0, 0.05) is 19.0 Å². The minimum atomic E-state index is -0.499. The van der Waals surface area contributed by atoms with E-state index in [0.717, 1.165) is 18.2 Å². The largest absolute Gasteiger partial charge is 0.466 e. The van der Waals surface area contributed by atoms with Crippen molar-refractivity contribution in [1.29, 1.82) is 0 Å². The predicted molar refractivity (Wildman–Crippen MR) is 62.1 cm³/mol. The van der Waals surface area contributed by atoms with E-state index in [0.29, 0.717) is 13.1 Å². The number of ether oxygens (including phenoxy) is 1. The lowest BCUT2D eigenvalue weighted by Gasteiger charge is -2.18. The van der Waals surface area contributed by atoms with Gasteiger partial charge in [-0.2, -0.15) is 0 Å². The van der Waals surface area contributed by atoms with Gasteiger partial charge in [-0.1, -0.05) is 0 Å². The van der Waals surface area contributed by atoms with Crippen molar-refractivity contribution in [3.8, 4) is 0 Å². The zero-order valence-corrected chi connectivity index (χ0v) is 10.1. The number of hydrogen-bond acceptors (Lipinski definition) is 3. The van der Waals surface area contributed by atoms with E-state index in [1.807, 2.05) is 0 Å². The molecular formula is C13H15F2NO2. The summed E-state index contributed by atoms with van der Waals surface area (Å²) >= 11 is 0. The number of carbonyl (C=O) groups is 1. The van der Waals surface area contributed by atoms with Crippen LogP contribution in [0.4, 0.5) is 8.78 Å². The average Bonchev–Trinajstić information content (AvgIpc) is 2.81. The van der Waals surface area contributed by atoms with E-state index in [1.54, 1.807) is 6.92 Å². The van der Waals surface area contributed by atoms with Crippen LogP contribution in [0, 0.1) is 17.6 Å². The second kappa shape index (κ2) is 5.44. The fraction of sp³-hybridized carbons (Fsp3) is 0.462. The number of rotatable bonds is 3. The Balaban J connectivity index is 2.25. The van der Waals surface area contributed by atoms with Gasteiger partial charge in [0.05, 0.1) is 12.5 Å². The first-order valence-electron chi connectivity index (χ1n) is 5.95. The third-order valence-corrected chi connectivity index (χ3v) is 3.16. The molecule has 1 fully saturated rings. The molecule has 1 aromatic carbocycles. The molecule has 98 valence electrons. The van der Waals surface area contributed by atoms with Gasteiger partial charge in [0.2, 0.25) is 0 Å². The monoisotopic (exact) mass is 255 g/mol. The molecule has 0 aromatic heterocycles. The number of esters is 1. The first kappa shape index (κ1) is 13.0. The molecule has 3 nitrogen and oxygen atoms in total. The maximum absolute atomic E-state index is 13.7. The molecule has 1 aromatic rings. The van der Waals surface area contributed by atoms with Crippen LogP contribution in [0.5, 0.6) is 0 Å². The Morgan fingerprint density at radius 3 is 2.94 bits per heavy atom. The maximum atomic E-state index is 13.7. The van der Waals surface area contributed by atoms with Gasteiger partial charge in [0.1, 0.15) is 11.6 Å². The van der Waals surface area contributed by atoms with E-state index in [2.05, 4.69) is 5.32 Å². The molecule has 5 heteroatoms. The Morgan fingerprint density at radius 2 is 2.22 bits per heavy atom. The Labute approximate surface area is 104 Å². The van der Waals surface area contributed by atoms with Crippen molar-refractivity contribution in [3.05, 3.63) is 35.4 Å². The first-order valence-corrected chi connectivity index (χ1v) is 5.95. The van der Waals surface area contributed by atoms with Crippen LogP contribution >= 0.6 is 0 Å². The Morgan fingerprint density at radius 1 is 1.44 bits per heavy atom. The lowest BCUT2D eigenvalue weighted by Crippen LogP contribution is -2.24. The van der Waals surface area contributed by atoms with Crippen LogP contribution in [0.15, 0.2) is 18.2 Å². The van der Waals surface area contributed by atoms with E-state index in [1.165, 1.54) is 0 Å². The Kier molecular flexibility index (Phi) is 3.91. The summed E-state index contributed by atoms with van der Waals surface area (Å²) in [5.74, 6) is -2.18. The number of halogens is 2. The molecule has 18 heavy (non-hydrogen) atoms. The second-order valence-electron chi connectivity index (χ2n) is 4.29. The molecule has 0 spiro atoms. The highest BCUT2D eigenvalue weighted by molar-refractivity contribution is 5.74. The lowest BCUT2D eigenvalue weighted by molar-refractivity contribution is -0.147. The smallest absolute Gasteiger partial charge is 0.310 e.